The van der Waals surface area contributed by atoms with Gasteiger partial charge in [-0.1, -0.05) is 60.1 Å². The molecule has 1 aliphatic rings. The highest BCUT2D eigenvalue weighted by molar-refractivity contribution is 6.31. The van der Waals surface area contributed by atoms with E-state index in [9.17, 15) is 9.59 Å². The largest absolute Gasteiger partial charge is 0.462 e. The molecule has 0 unspecified atom stereocenters. The number of amides is 2. The summed E-state index contributed by atoms with van der Waals surface area (Å²) in [6.07, 6.45) is 0.620. The number of hydrogen-bond acceptors (Lipinski definition) is 3. The molecule has 2 N–H and O–H groups in total. The summed E-state index contributed by atoms with van der Waals surface area (Å²) in [5.41, 5.74) is 2.55. The SMILES string of the molecule is CC1=C(C(=O)OCCc2ccccc2)[C@@H](c2ccccc2Cl)NC(=O)N1. The Balaban J connectivity index is 1.78. The number of esters is 1. The van der Waals surface area contributed by atoms with Crippen LogP contribution in [0.2, 0.25) is 5.02 Å². The number of ether oxygens (including phenoxy) is 1. The highest BCUT2D eigenvalue weighted by atomic mass is 35.5. The van der Waals surface area contributed by atoms with Crippen LogP contribution in [0.25, 0.3) is 0 Å². The van der Waals surface area contributed by atoms with E-state index >= 15 is 0 Å². The molecule has 2 aromatic carbocycles. The van der Waals surface area contributed by atoms with Crippen molar-refractivity contribution < 1.29 is 14.3 Å². The summed E-state index contributed by atoms with van der Waals surface area (Å²) in [7, 11) is 0. The van der Waals surface area contributed by atoms with Crippen molar-refractivity contribution in [3.63, 3.8) is 0 Å². The smallest absolute Gasteiger partial charge is 0.338 e. The average Bonchev–Trinajstić information content (AvgIpc) is 2.62. The summed E-state index contributed by atoms with van der Waals surface area (Å²) in [6.45, 7) is 1.93. The summed E-state index contributed by atoms with van der Waals surface area (Å²) in [5, 5.41) is 5.85. The minimum Gasteiger partial charge on any atom is -0.462 e. The van der Waals surface area contributed by atoms with E-state index in [0.717, 1.165) is 5.56 Å². The van der Waals surface area contributed by atoms with Gasteiger partial charge in [-0.15, -0.1) is 0 Å². The van der Waals surface area contributed by atoms with Crippen molar-refractivity contribution in [1.82, 2.24) is 10.6 Å². The monoisotopic (exact) mass is 370 g/mol. The molecule has 3 rings (SSSR count). The Morgan fingerprint density at radius 1 is 1.12 bits per heavy atom. The normalized spacial score (nSPS) is 16.7. The highest BCUT2D eigenvalue weighted by Crippen LogP contribution is 2.31. The molecule has 5 nitrogen and oxygen atoms in total. The molecule has 2 aromatic rings. The van der Waals surface area contributed by atoms with Gasteiger partial charge in [0, 0.05) is 17.1 Å². The molecule has 26 heavy (non-hydrogen) atoms. The lowest BCUT2D eigenvalue weighted by Gasteiger charge is -2.28. The molecule has 1 aliphatic heterocycles. The van der Waals surface area contributed by atoms with Gasteiger partial charge in [0.05, 0.1) is 18.2 Å². The molecular formula is C20H19ClN2O3. The number of benzene rings is 2. The zero-order valence-corrected chi connectivity index (χ0v) is 15.0. The predicted molar refractivity (Wildman–Crippen MR) is 99.7 cm³/mol. The van der Waals surface area contributed by atoms with Crippen LogP contribution in [0.5, 0.6) is 0 Å². The summed E-state index contributed by atoms with van der Waals surface area (Å²) < 4.78 is 5.45. The number of carbonyl (C=O) groups is 2. The van der Waals surface area contributed by atoms with Crippen LogP contribution < -0.4 is 10.6 Å². The van der Waals surface area contributed by atoms with Crippen LogP contribution in [0.4, 0.5) is 4.79 Å². The number of nitrogens with one attached hydrogen (secondary N) is 2. The van der Waals surface area contributed by atoms with Crippen molar-refractivity contribution in [2.75, 3.05) is 6.61 Å². The first kappa shape index (κ1) is 18.0. The summed E-state index contributed by atoms with van der Waals surface area (Å²) in [6, 6.07) is 15.9. The maximum absolute atomic E-state index is 12.7. The maximum Gasteiger partial charge on any atom is 0.338 e. The molecule has 6 heteroatoms. The van der Waals surface area contributed by atoms with Crippen molar-refractivity contribution in [2.24, 2.45) is 0 Å². The van der Waals surface area contributed by atoms with Crippen molar-refractivity contribution >= 4 is 23.6 Å². The van der Waals surface area contributed by atoms with Gasteiger partial charge in [0.1, 0.15) is 0 Å². The Hall–Kier alpha value is -2.79. The number of rotatable bonds is 5. The van der Waals surface area contributed by atoms with E-state index in [2.05, 4.69) is 10.6 Å². The molecule has 134 valence electrons. The number of allylic oxidation sites excluding steroid dienone is 1. The topological polar surface area (TPSA) is 67.4 Å². The number of carbonyl (C=O) groups excluding carboxylic acids is 2. The van der Waals surface area contributed by atoms with Crippen LogP contribution in [0, 0.1) is 0 Å². The van der Waals surface area contributed by atoms with Gasteiger partial charge in [-0.05, 0) is 24.1 Å². The molecule has 0 spiro atoms. The van der Waals surface area contributed by atoms with Crippen LogP contribution in [-0.4, -0.2) is 18.6 Å². The van der Waals surface area contributed by atoms with E-state index in [0.29, 0.717) is 28.3 Å². The van der Waals surface area contributed by atoms with Gasteiger partial charge in [0.25, 0.3) is 0 Å². The molecule has 0 saturated heterocycles. The quantitative estimate of drug-likeness (QED) is 0.787. The average molecular weight is 371 g/mol. The van der Waals surface area contributed by atoms with Gasteiger partial charge in [0.2, 0.25) is 0 Å². The standard InChI is InChI=1S/C20H19ClN2O3/c1-13-17(19(24)26-12-11-14-7-3-2-4-8-14)18(23-20(25)22-13)15-9-5-6-10-16(15)21/h2-10,18H,11-12H2,1H3,(H2,22,23,25)/t18-/m1/s1. The van der Waals surface area contributed by atoms with Gasteiger partial charge >= 0.3 is 12.0 Å². The van der Waals surface area contributed by atoms with Gasteiger partial charge in [0.15, 0.2) is 0 Å². The second-order valence-corrected chi connectivity index (χ2v) is 6.37. The van der Waals surface area contributed by atoms with E-state index in [1.54, 1.807) is 25.1 Å². The van der Waals surface area contributed by atoms with Gasteiger partial charge < -0.3 is 15.4 Å². The predicted octanol–water partition coefficient (Wildman–Crippen LogP) is 3.75. The zero-order chi connectivity index (χ0) is 18.5. The number of urea groups is 1. The Kier molecular flexibility index (Phi) is 5.58. The fourth-order valence-corrected chi connectivity index (χ4v) is 3.14. The van der Waals surface area contributed by atoms with Crippen molar-refractivity contribution in [1.29, 1.82) is 0 Å². The van der Waals surface area contributed by atoms with E-state index < -0.39 is 12.0 Å². The Labute approximate surface area is 157 Å². The van der Waals surface area contributed by atoms with Gasteiger partial charge in [-0.25, -0.2) is 9.59 Å². The minimum atomic E-state index is -0.651. The minimum absolute atomic E-state index is 0.253. The van der Waals surface area contributed by atoms with Crippen LogP contribution in [0.15, 0.2) is 65.9 Å². The molecule has 1 heterocycles. The molecular weight excluding hydrogens is 352 g/mol. The van der Waals surface area contributed by atoms with Crippen LogP contribution in [0.1, 0.15) is 24.1 Å². The fourth-order valence-electron chi connectivity index (χ4n) is 2.89. The second-order valence-electron chi connectivity index (χ2n) is 5.96. The van der Waals surface area contributed by atoms with Gasteiger partial charge in [-0.2, -0.15) is 0 Å². The highest BCUT2D eigenvalue weighted by Gasteiger charge is 2.33. The van der Waals surface area contributed by atoms with Crippen molar-refractivity contribution in [3.8, 4) is 0 Å². The molecule has 1 atom stereocenters. The first-order chi connectivity index (χ1) is 12.6. The Morgan fingerprint density at radius 2 is 1.81 bits per heavy atom. The van der Waals surface area contributed by atoms with Crippen LogP contribution in [-0.2, 0) is 16.0 Å². The van der Waals surface area contributed by atoms with E-state index in [1.165, 1.54) is 0 Å². The first-order valence-electron chi connectivity index (χ1n) is 8.30. The summed E-state index contributed by atoms with van der Waals surface area (Å²) >= 11 is 6.26. The molecule has 0 bridgehead atoms. The molecule has 0 fully saturated rings. The number of halogens is 1. The third-order valence-electron chi connectivity index (χ3n) is 4.17. The molecule has 0 saturated carbocycles. The molecule has 0 aromatic heterocycles. The lowest BCUT2D eigenvalue weighted by Crippen LogP contribution is -2.45. The molecule has 2 amide bonds. The van der Waals surface area contributed by atoms with Crippen LogP contribution >= 0.6 is 11.6 Å². The third-order valence-corrected chi connectivity index (χ3v) is 4.52. The lowest BCUT2D eigenvalue weighted by molar-refractivity contribution is -0.139. The maximum atomic E-state index is 12.7. The number of hydrogen-bond donors (Lipinski definition) is 2. The first-order valence-corrected chi connectivity index (χ1v) is 8.68. The van der Waals surface area contributed by atoms with E-state index in [-0.39, 0.29) is 12.6 Å². The third kappa shape index (κ3) is 4.06. The van der Waals surface area contributed by atoms with E-state index in [1.807, 2.05) is 36.4 Å². The molecule has 0 radical (unpaired) electrons. The zero-order valence-electron chi connectivity index (χ0n) is 14.3. The summed E-state index contributed by atoms with van der Waals surface area (Å²) in [5.74, 6) is -0.476. The Morgan fingerprint density at radius 3 is 2.54 bits per heavy atom. The Bertz CT molecular complexity index is 849. The lowest BCUT2D eigenvalue weighted by atomic mass is 9.95. The fraction of sp³-hybridized carbons (Fsp3) is 0.200. The summed E-state index contributed by atoms with van der Waals surface area (Å²) in [4.78, 5) is 24.6. The molecule has 0 aliphatic carbocycles. The van der Waals surface area contributed by atoms with E-state index in [4.69, 9.17) is 16.3 Å². The van der Waals surface area contributed by atoms with Gasteiger partial charge in [-0.3, -0.25) is 0 Å². The van der Waals surface area contributed by atoms with Crippen molar-refractivity contribution in [3.05, 3.63) is 82.0 Å². The van der Waals surface area contributed by atoms with Crippen LogP contribution in [0.3, 0.4) is 0 Å². The second kappa shape index (κ2) is 8.06. The van der Waals surface area contributed by atoms with Crippen molar-refractivity contribution in [2.45, 2.75) is 19.4 Å².